The molecule has 0 rings (SSSR count). The monoisotopic (exact) mass is 464 g/mol. The molecule has 0 amide bonds. The van der Waals surface area contributed by atoms with Crippen LogP contribution in [0, 0.1) is 10.4 Å². The number of rotatable bonds is 13. The summed E-state index contributed by atoms with van der Waals surface area (Å²) >= 11 is 6.46. The number of alkyl halides is 2. The molecule has 0 unspecified atom stereocenters. The molecule has 13 heteroatoms. The number of nitrogens with zero attached hydrogens (tertiary/aromatic N) is 6. The van der Waals surface area contributed by atoms with Crippen LogP contribution < -0.4 is 0 Å². The van der Waals surface area contributed by atoms with Gasteiger partial charge in [0, 0.05) is 10.7 Å². The average Bonchev–Trinajstić information content (AvgIpc) is 2.51. The van der Waals surface area contributed by atoms with E-state index in [1.807, 2.05) is 0 Å². The highest BCUT2D eigenvalue weighted by Crippen LogP contribution is 1.99. The topological polar surface area (TPSA) is 122 Å². The predicted molar refractivity (Wildman–Crippen MR) is 87.2 cm³/mol. The summed E-state index contributed by atoms with van der Waals surface area (Å²) in [7, 11) is 0. The van der Waals surface area contributed by atoms with E-state index in [9.17, 15) is 10.4 Å². The van der Waals surface area contributed by atoms with Crippen molar-refractivity contribution < 1.29 is 24.7 Å². The number of halogens is 2. The Hall–Kier alpha value is -1.08. The van der Waals surface area contributed by atoms with Crippen LogP contribution in [-0.2, 0) is 9.68 Å². The molecular weight excluding hydrogens is 444 g/mol. The maximum Gasteiger partial charge on any atom is 0.292 e. The van der Waals surface area contributed by atoms with Crippen LogP contribution in [-0.4, -0.2) is 74.8 Å². The van der Waals surface area contributed by atoms with E-state index in [0.29, 0.717) is 28.7 Å². The number of aliphatic hydroxyl groups is 1. The smallest absolute Gasteiger partial charge is 0.292 e. The van der Waals surface area contributed by atoms with Crippen LogP contribution >= 0.6 is 31.9 Å². The van der Waals surface area contributed by atoms with E-state index in [1.54, 1.807) is 13.8 Å². The molecule has 0 saturated heterocycles. The average molecular weight is 466 g/mol. The maximum atomic E-state index is 11.6. The second kappa shape index (κ2) is 13.4. The molecule has 136 valence electrons. The van der Waals surface area contributed by atoms with E-state index < -0.39 is 6.79 Å². The fraction of sp³-hybridized carbons (Fsp3) is 1.00. The van der Waals surface area contributed by atoms with Crippen molar-refractivity contribution in [1.82, 2.24) is 10.0 Å². The van der Waals surface area contributed by atoms with Crippen molar-refractivity contribution >= 4 is 31.9 Å². The zero-order valence-electron chi connectivity index (χ0n) is 13.0. The first-order chi connectivity index (χ1) is 11.0. The number of hydrazine groups is 2. The minimum absolute atomic E-state index is 0.113. The van der Waals surface area contributed by atoms with Gasteiger partial charge in [0.05, 0.1) is 35.7 Å². The first-order valence-electron chi connectivity index (χ1n) is 6.82. The quantitative estimate of drug-likeness (QED) is 0.109. The summed E-state index contributed by atoms with van der Waals surface area (Å²) in [6, 6.07) is -0.170. The van der Waals surface area contributed by atoms with Gasteiger partial charge in [-0.1, -0.05) is 31.9 Å². The first kappa shape index (κ1) is 21.9. The molecule has 23 heavy (non-hydrogen) atoms. The van der Waals surface area contributed by atoms with Crippen molar-refractivity contribution in [2.24, 2.45) is 10.6 Å². The van der Waals surface area contributed by atoms with Gasteiger partial charge in [-0.2, -0.15) is 0 Å². The molecule has 0 aliphatic heterocycles. The summed E-state index contributed by atoms with van der Waals surface area (Å²) in [4.78, 5) is 9.76. The van der Waals surface area contributed by atoms with Gasteiger partial charge in [0.2, 0.25) is 10.6 Å². The molecule has 11 nitrogen and oxygen atoms in total. The summed E-state index contributed by atoms with van der Waals surface area (Å²) in [6.07, 6.45) is 0. The minimum atomic E-state index is -0.501. The van der Waals surface area contributed by atoms with Crippen molar-refractivity contribution in [3.8, 4) is 0 Å². The van der Waals surface area contributed by atoms with Gasteiger partial charge in [-0.05, 0) is 13.8 Å². The summed E-state index contributed by atoms with van der Waals surface area (Å²) in [6.45, 7) is 3.85. The van der Waals surface area contributed by atoms with Crippen LogP contribution in [0.4, 0.5) is 0 Å². The number of hydrogen-bond donors (Lipinski definition) is 1. The van der Waals surface area contributed by atoms with Crippen LogP contribution in [0.1, 0.15) is 13.8 Å². The molecule has 0 spiro atoms. The van der Waals surface area contributed by atoms with E-state index in [0.717, 1.165) is 0 Å². The summed E-state index contributed by atoms with van der Waals surface area (Å²) < 4.78 is 0. The Balaban J connectivity index is 4.32. The van der Waals surface area contributed by atoms with Crippen LogP contribution in [0.15, 0.2) is 10.6 Å². The van der Waals surface area contributed by atoms with Crippen LogP contribution in [0.25, 0.3) is 0 Å². The Morgan fingerprint density at radius 3 is 2.00 bits per heavy atom. The Labute approximate surface area is 151 Å². The molecule has 1 N–H and O–H groups in total. The summed E-state index contributed by atoms with van der Waals surface area (Å²) in [5.41, 5.74) is 0. The van der Waals surface area contributed by atoms with Gasteiger partial charge in [-0.3, -0.25) is 9.68 Å². The molecule has 0 aliphatic carbocycles. The molecule has 0 aromatic heterocycles. The zero-order valence-corrected chi connectivity index (χ0v) is 16.2. The van der Waals surface area contributed by atoms with Gasteiger partial charge in [-0.15, -0.1) is 10.0 Å². The van der Waals surface area contributed by atoms with Crippen LogP contribution in [0.2, 0.25) is 0 Å². The third kappa shape index (κ3) is 9.61. The lowest BCUT2D eigenvalue weighted by atomic mass is 10.4. The fourth-order valence-electron chi connectivity index (χ4n) is 1.39. The van der Waals surface area contributed by atoms with E-state index in [-0.39, 0.29) is 24.2 Å². The standard InChI is InChI=1S/C10H22Br2N6O5/c1-10(2)16(7-8-19)18(21)14-23-9-22-13-17(20)15(5-3-11)6-4-12/h10,19H,3-9H2,1-2H3. The van der Waals surface area contributed by atoms with Gasteiger partial charge in [-0.25, -0.2) is 0 Å². The van der Waals surface area contributed by atoms with Gasteiger partial charge >= 0.3 is 0 Å². The van der Waals surface area contributed by atoms with Crippen LogP contribution in [0.3, 0.4) is 0 Å². The second-order valence-corrected chi connectivity index (χ2v) is 5.94. The van der Waals surface area contributed by atoms with E-state index in [4.69, 9.17) is 5.11 Å². The lowest BCUT2D eigenvalue weighted by Gasteiger charge is -2.20. The normalized spacial score (nSPS) is 12.4. The Morgan fingerprint density at radius 1 is 1.04 bits per heavy atom. The van der Waals surface area contributed by atoms with Gasteiger partial charge in [0.15, 0.2) is 0 Å². The third-order valence-electron chi connectivity index (χ3n) is 2.43. The van der Waals surface area contributed by atoms with Gasteiger partial charge < -0.3 is 15.5 Å². The van der Waals surface area contributed by atoms with E-state index in [1.165, 1.54) is 10.0 Å². The molecular formula is C10H22Br2N6O5. The molecule has 0 bridgehead atoms. The highest BCUT2D eigenvalue weighted by atomic mass is 79.9. The first-order valence-corrected chi connectivity index (χ1v) is 9.06. The van der Waals surface area contributed by atoms with Crippen molar-refractivity contribution in [2.75, 3.05) is 43.7 Å². The maximum absolute atomic E-state index is 11.6. The molecule has 0 aromatic carbocycles. The second-order valence-electron chi connectivity index (χ2n) is 4.36. The highest BCUT2D eigenvalue weighted by Gasteiger charge is 2.16. The van der Waals surface area contributed by atoms with Crippen LogP contribution in [0.5, 0.6) is 0 Å². The Morgan fingerprint density at radius 2 is 1.57 bits per heavy atom. The van der Waals surface area contributed by atoms with Crippen molar-refractivity contribution in [1.29, 1.82) is 0 Å². The SMILES string of the molecule is CC(C)N(CCO)[N+]([O-])=NOCON=[N+]([O-])N(CCBr)CCBr. The summed E-state index contributed by atoms with van der Waals surface area (Å²) in [5.74, 6) is 0. The highest BCUT2D eigenvalue weighted by molar-refractivity contribution is 9.09. The molecule has 0 aliphatic rings. The zero-order chi connectivity index (χ0) is 17.7. The van der Waals surface area contributed by atoms with Crippen molar-refractivity contribution in [3.05, 3.63) is 10.4 Å². The lowest BCUT2D eigenvalue weighted by molar-refractivity contribution is -0.722. The van der Waals surface area contributed by atoms with Gasteiger partial charge in [0.25, 0.3) is 6.79 Å². The molecule has 0 aromatic rings. The molecule has 0 atom stereocenters. The molecule has 0 fully saturated rings. The third-order valence-corrected chi connectivity index (χ3v) is 3.14. The lowest BCUT2D eigenvalue weighted by Crippen LogP contribution is -2.39. The number of aliphatic hydroxyl groups excluding tert-OH is 1. The summed E-state index contributed by atoms with van der Waals surface area (Å²) in [5, 5.41) is 42.4. The molecule has 0 heterocycles. The van der Waals surface area contributed by atoms with Crippen molar-refractivity contribution in [2.45, 2.75) is 19.9 Å². The molecule has 0 radical (unpaired) electrons. The van der Waals surface area contributed by atoms with E-state index in [2.05, 4.69) is 52.1 Å². The van der Waals surface area contributed by atoms with Crippen molar-refractivity contribution in [3.63, 3.8) is 0 Å². The Kier molecular flexibility index (Phi) is 12.7. The fourth-order valence-corrected chi connectivity index (χ4v) is 2.21. The largest absolute Gasteiger partial charge is 0.569 e. The minimum Gasteiger partial charge on any atom is -0.569 e. The van der Waals surface area contributed by atoms with Gasteiger partial charge in [0.1, 0.15) is 6.54 Å². The van der Waals surface area contributed by atoms with E-state index >= 15 is 0 Å². The Bertz CT molecular complexity index is 368. The molecule has 0 saturated carbocycles. The number of hydrogen-bond acceptors (Lipinski definition) is 7. The predicted octanol–water partition coefficient (Wildman–Crippen LogP) is 1.36.